The molecule has 0 spiro atoms. The molecule has 1 fully saturated rings. The first kappa shape index (κ1) is 25.6. The van der Waals surface area contributed by atoms with Crippen molar-refractivity contribution in [2.24, 2.45) is 0 Å². The van der Waals surface area contributed by atoms with Crippen LogP contribution in [0, 0.1) is 5.82 Å². The highest BCUT2D eigenvalue weighted by Crippen LogP contribution is 2.31. The quantitative estimate of drug-likeness (QED) is 0.274. The highest BCUT2D eigenvalue weighted by atomic mass is 19.4. The summed E-state index contributed by atoms with van der Waals surface area (Å²) >= 11 is 0. The molecule has 3 N–H and O–H groups in total. The normalized spacial score (nSPS) is 14.4. The van der Waals surface area contributed by atoms with Gasteiger partial charge in [-0.2, -0.15) is 28.1 Å². The van der Waals surface area contributed by atoms with Gasteiger partial charge in [-0.25, -0.2) is 4.39 Å². The standard InChI is InChI=1S/C24H27F4N7O/c25-19-7-5-17(6-8-19)16-30-22-32-21(29-9-2-10-35-11-13-36-14-12-35)33-23(34-22)31-20-4-1-3-18(15-20)24(26,27)28/h1,3-8,15H,2,9-14,16H2,(H3,29,30,31,32,33,34). The summed E-state index contributed by atoms with van der Waals surface area (Å²) in [4.78, 5) is 15.3. The number of hydrogen-bond acceptors (Lipinski definition) is 8. The van der Waals surface area contributed by atoms with Crippen molar-refractivity contribution < 1.29 is 22.3 Å². The topological polar surface area (TPSA) is 87.2 Å². The molecule has 2 heterocycles. The first-order valence-electron chi connectivity index (χ1n) is 11.6. The lowest BCUT2D eigenvalue weighted by molar-refractivity contribution is -0.137. The van der Waals surface area contributed by atoms with Crippen molar-refractivity contribution >= 4 is 23.5 Å². The molecule has 0 amide bonds. The van der Waals surface area contributed by atoms with Gasteiger partial charge in [0.25, 0.3) is 0 Å². The molecule has 12 heteroatoms. The molecule has 0 unspecified atom stereocenters. The third kappa shape index (κ3) is 7.75. The van der Waals surface area contributed by atoms with Crippen molar-refractivity contribution in [3.8, 4) is 0 Å². The van der Waals surface area contributed by atoms with Crippen molar-refractivity contribution in [3.05, 3.63) is 65.5 Å². The molecule has 3 aromatic rings. The summed E-state index contributed by atoms with van der Waals surface area (Å²) in [5.74, 6) is 0.249. The largest absolute Gasteiger partial charge is 0.416 e. The Hall–Kier alpha value is -3.51. The van der Waals surface area contributed by atoms with Gasteiger partial charge in [-0.15, -0.1) is 0 Å². The fourth-order valence-corrected chi connectivity index (χ4v) is 3.60. The Kier molecular flexibility index (Phi) is 8.49. The Bertz CT molecular complexity index is 1120. The highest BCUT2D eigenvalue weighted by Gasteiger charge is 2.30. The number of nitrogens with one attached hydrogen (secondary N) is 3. The highest BCUT2D eigenvalue weighted by molar-refractivity contribution is 5.57. The average molecular weight is 506 g/mol. The summed E-state index contributed by atoms with van der Waals surface area (Å²) in [7, 11) is 0. The molecule has 1 aromatic heterocycles. The molecule has 0 radical (unpaired) electrons. The molecule has 4 rings (SSSR count). The van der Waals surface area contributed by atoms with E-state index in [2.05, 4.69) is 35.8 Å². The van der Waals surface area contributed by atoms with Crippen molar-refractivity contribution in [2.45, 2.75) is 19.1 Å². The Morgan fingerprint density at radius 3 is 2.31 bits per heavy atom. The van der Waals surface area contributed by atoms with Gasteiger partial charge in [0.1, 0.15) is 5.82 Å². The summed E-state index contributed by atoms with van der Waals surface area (Å²) < 4.78 is 57.9. The smallest absolute Gasteiger partial charge is 0.379 e. The van der Waals surface area contributed by atoms with E-state index < -0.39 is 11.7 Å². The SMILES string of the molecule is Fc1ccc(CNc2nc(NCCCN3CCOCC3)nc(Nc3cccc(C(F)(F)F)c3)n2)cc1. The number of morpholine rings is 1. The molecule has 0 bridgehead atoms. The van der Waals surface area contributed by atoms with Gasteiger partial charge in [-0.3, -0.25) is 4.90 Å². The van der Waals surface area contributed by atoms with Crippen LogP contribution in [0.15, 0.2) is 48.5 Å². The van der Waals surface area contributed by atoms with Crippen LogP contribution < -0.4 is 16.0 Å². The second-order valence-corrected chi connectivity index (χ2v) is 8.22. The van der Waals surface area contributed by atoms with Gasteiger partial charge < -0.3 is 20.7 Å². The molecule has 36 heavy (non-hydrogen) atoms. The molecule has 1 aliphatic heterocycles. The number of aromatic nitrogens is 3. The van der Waals surface area contributed by atoms with Crippen LogP contribution in [0.3, 0.4) is 0 Å². The van der Waals surface area contributed by atoms with Gasteiger partial charge in [0.15, 0.2) is 0 Å². The van der Waals surface area contributed by atoms with Crippen LogP contribution >= 0.6 is 0 Å². The molecule has 0 atom stereocenters. The van der Waals surface area contributed by atoms with Crippen molar-refractivity contribution in [2.75, 3.05) is 55.3 Å². The van der Waals surface area contributed by atoms with Crippen LogP contribution in [-0.2, 0) is 17.5 Å². The van der Waals surface area contributed by atoms with E-state index in [1.165, 1.54) is 24.3 Å². The minimum atomic E-state index is -4.47. The molecular formula is C24H27F4N7O. The fraction of sp³-hybridized carbons (Fsp3) is 0.375. The number of nitrogens with zero attached hydrogens (tertiary/aromatic N) is 4. The van der Waals surface area contributed by atoms with Gasteiger partial charge in [-0.1, -0.05) is 18.2 Å². The van der Waals surface area contributed by atoms with E-state index in [1.807, 2.05) is 0 Å². The summed E-state index contributed by atoms with van der Waals surface area (Å²) in [6.45, 7) is 5.07. The number of anilines is 4. The molecule has 8 nitrogen and oxygen atoms in total. The number of benzene rings is 2. The molecule has 192 valence electrons. The molecule has 1 aliphatic rings. The van der Waals surface area contributed by atoms with E-state index in [0.29, 0.717) is 13.1 Å². The Morgan fingerprint density at radius 2 is 1.58 bits per heavy atom. The summed E-state index contributed by atoms with van der Waals surface area (Å²) in [5.41, 5.74) is 0.223. The maximum absolute atomic E-state index is 13.2. The van der Waals surface area contributed by atoms with E-state index in [-0.39, 0.29) is 29.3 Å². The molecular weight excluding hydrogens is 478 g/mol. The minimum Gasteiger partial charge on any atom is -0.379 e. The molecule has 0 saturated carbocycles. The van der Waals surface area contributed by atoms with Crippen molar-refractivity contribution in [3.63, 3.8) is 0 Å². The Morgan fingerprint density at radius 1 is 0.889 bits per heavy atom. The van der Waals surface area contributed by atoms with Crippen molar-refractivity contribution in [1.82, 2.24) is 19.9 Å². The maximum Gasteiger partial charge on any atom is 0.416 e. The third-order valence-electron chi connectivity index (χ3n) is 5.48. The number of ether oxygens (including phenoxy) is 1. The van der Waals surface area contributed by atoms with Crippen LogP contribution in [0.1, 0.15) is 17.5 Å². The van der Waals surface area contributed by atoms with Gasteiger partial charge in [-0.05, 0) is 48.9 Å². The number of hydrogen-bond donors (Lipinski definition) is 3. The third-order valence-corrected chi connectivity index (χ3v) is 5.48. The lowest BCUT2D eigenvalue weighted by Gasteiger charge is -2.26. The Balaban J connectivity index is 1.45. The Labute approximate surface area is 206 Å². The molecule has 2 aromatic carbocycles. The van der Waals surface area contributed by atoms with Crippen LogP contribution in [0.4, 0.5) is 41.1 Å². The fourth-order valence-electron chi connectivity index (χ4n) is 3.60. The van der Waals surface area contributed by atoms with Crippen LogP contribution in [0.25, 0.3) is 0 Å². The van der Waals surface area contributed by atoms with Crippen molar-refractivity contribution in [1.29, 1.82) is 0 Å². The zero-order chi connectivity index (χ0) is 25.4. The second-order valence-electron chi connectivity index (χ2n) is 8.22. The maximum atomic E-state index is 13.2. The summed E-state index contributed by atoms with van der Waals surface area (Å²) in [5, 5.41) is 9.05. The van der Waals surface area contributed by atoms with E-state index in [9.17, 15) is 17.6 Å². The van der Waals surface area contributed by atoms with Crippen LogP contribution in [0.2, 0.25) is 0 Å². The van der Waals surface area contributed by atoms with Crippen LogP contribution in [-0.4, -0.2) is 59.2 Å². The zero-order valence-electron chi connectivity index (χ0n) is 19.5. The minimum absolute atomic E-state index is 0.0848. The lowest BCUT2D eigenvalue weighted by atomic mass is 10.2. The molecule has 1 saturated heterocycles. The average Bonchev–Trinajstić information content (AvgIpc) is 2.87. The van der Waals surface area contributed by atoms with Gasteiger partial charge >= 0.3 is 6.18 Å². The monoisotopic (exact) mass is 505 g/mol. The number of halogens is 4. The second kappa shape index (κ2) is 12.0. The van der Waals surface area contributed by atoms with Gasteiger partial charge in [0, 0.05) is 31.9 Å². The first-order chi connectivity index (χ1) is 17.3. The summed E-state index contributed by atoms with van der Waals surface area (Å²) in [6, 6.07) is 10.8. The lowest BCUT2D eigenvalue weighted by Crippen LogP contribution is -2.37. The van der Waals surface area contributed by atoms with Gasteiger partial charge in [0.2, 0.25) is 17.8 Å². The molecule has 0 aliphatic carbocycles. The van der Waals surface area contributed by atoms with E-state index in [0.717, 1.165) is 57.0 Å². The first-order valence-corrected chi connectivity index (χ1v) is 11.6. The number of alkyl halides is 3. The zero-order valence-corrected chi connectivity index (χ0v) is 19.5. The van der Waals surface area contributed by atoms with Gasteiger partial charge in [0.05, 0.1) is 18.8 Å². The van der Waals surface area contributed by atoms with E-state index in [4.69, 9.17) is 4.74 Å². The summed E-state index contributed by atoms with van der Waals surface area (Å²) in [6.07, 6.45) is -3.62. The van der Waals surface area contributed by atoms with E-state index >= 15 is 0 Å². The van der Waals surface area contributed by atoms with E-state index in [1.54, 1.807) is 12.1 Å². The predicted octanol–water partition coefficient (Wildman–Crippen LogP) is 4.52. The number of rotatable bonds is 10. The predicted molar refractivity (Wildman–Crippen MR) is 129 cm³/mol. The van der Waals surface area contributed by atoms with Crippen LogP contribution in [0.5, 0.6) is 0 Å².